The van der Waals surface area contributed by atoms with Gasteiger partial charge in [-0.05, 0) is 13.8 Å². The second-order valence-corrected chi connectivity index (χ2v) is 5.49. The lowest BCUT2D eigenvalue weighted by Crippen LogP contribution is -2.41. The Hall–Kier alpha value is -2.52. The summed E-state index contributed by atoms with van der Waals surface area (Å²) < 4.78 is 71.8. The van der Waals surface area contributed by atoms with Crippen molar-refractivity contribution in [3.8, 4) is 5.75 Å². The van der Waals surface area contributed by atoms with Crippen molar-refractivity contribution in [3.05, 3.63) is 28.8 Å². The lowest BCUT2D eigenvalue weighted by Gasteiger charge is -2.31. The molecule has 1 fully saturated rings. The summed E-state index contributed by atoms with van der Waals surface area (Å²) in [4.78, 5) is 22.3. The molecule has 0 bridgehead atoms. The molecule has 0 unspecified atom stereocenters. The molecule has 0 N–H and O–H groups in total. The first kappa shape index (κ1) is 17.8. The van der Waals surface area contributed by atoms with E-state index in [1.807, 2.05) is 0 Å². The first-order valence-corrected chi connectivity index (χ1v) is 6.61. The van der Waals surface area contributed by atoms with Gasteiger partial charge in [0.25, 0.3) is 0 Å². The van der Waals surface area contributed by atoms with Crippen molar-refractivity contribution in [2.45, 2.75) is 13.8 Å². The van der Waals surface area contributed by atoms with Crippen molar-refractivity contribution in [1.29, 1.82) is 0 Å². The molecule has 24 heavy (non-hydrogen) atoms. The van der Waals surface area contributed by atoms with E-state index in [2.05, 4.69) is 18.9 Å². The van der Waals surface area contributed by atoms with Gasteiger partial charge in [-0.15, -0.1) is 0 Å². The third kappa shape index (κ3) is 3.52. The largest absolute Gasteiger partial charge is 0.514 e. The zero-order valence-corrected chi connectivity index (χ0v) is 12.6. The molecule has 1 aliphatic rings. The number of hydrogen-bond acceptors (Lipinski definition) is 6. The maximum atomic E-state index is 13.7. The number of ether oxygens (including phenoxy) is 4. The van der Waals surface area contributed by atoms with Gasteiger partial charge in [-0.1, -0.05) is 0 Å². The molecule has 1 aromatic rings. The Morgan fingerprint density at radius 1 is 1.08 bits per heavy atom. The van der Waals surface area contributed by atoms with Crippen LogP contribution in [0.2, 0.25) is 0 Å². The standard InChI is InChI=1S/C14H12F4O6/c1-6-7(15)9(17)10(18)11(8(6)16)24-13(20)23-5-14(2)3-21-12(19)22-4-14/h3-5H2,1-2H3. The van der Waals surface area contributed by atoms with Gasteiger partial charge >= 0.3 is 12.3 Å². The maximum Gasteiger partial charge on any atom is 0.514 e. The summed E-state index contributed by atoms with van der Waals surface area (Å²) in [6, 6.07) is 0. The summed E-state index contributed by atoms with van der Waals surface area (Å²) in [6.07, 6.45) is -2.42. The molecule has 0 saturated carbocycles. The zero-order valence-electron chi connectivity index (χ0n) is 12.6. The van der Waals surface area contributed by atoms with Crippen LogP contribution in [0.1, 0.15) is 12.5 Å². The summed E-state index contributed by atoms with van der Waals surface area (Å²) in [6.45, 7) is 1.79. The minimum Gasteiger partial charge on any atom is -0.433 e. The molecular weight excluding hydrogens is 340 g/mol. The number of halogens is 4. The highest BCUT2D eigenvalue weighted by atomic mass is 19.2. The molecule has 10 heteroatoms. The number of benzene rings is 1. The van der Waals surface area contributed by atoms with Crippen molar-refractivity contribution < 1.29 is 46.1 Å². The van der Waals surface area contributed by atoms with Gasteiger partial charge < -0.3 is 18.9 Å². The summed E-state index contributed by atoms with van der Waals surface area (Å²) in [5.74, 6) is -8.67. The lowest BCUT2D eigenvalue weighted by molar-refractivity contribution is -0.0766. The third-order valence-corrected chi connectivity index (χ3v) is 3.24. The molecule has 1 aliphatic heterocycles. The van der Waals surface area contributed by atoms with E-state index in [1.165, 1.54) is 0 Å². The first-order valence-electron chi connectivity index (χ1n) is 6.61. The minimum atomic E-state index is -1.99. The molecule has 0 radical (unpaired) electrons. The smallest absolute Gasteiger partial charge is 0.433 e. The van der Waals surface area contributed by atoms with Crippen molar-refractivity contribution in [1.82, 2.24) is 0 Å². The normalized spacial score (nSPS) is 16.2. The van der Waals surface area contributed by atoms with Gasteiger partial charge in [0.2, 0.25) is 11.6 Å². The van der Waals surface area contributed by atoms with Crippen molar-refractivity contribution in [2.75, 3.05) is 19.8 Å². The van der Waals surface area contributed by atoms with E-state index in [9.17, 15) is 27.2 Å². The Balaban J connectivity index is 2.04. The molecular formula is C14H12F4O6. The summed E-state index contributed by atoms with van der Waals surface area (Å²) in [7, 11) is 0. The highest BCUT2D eigenvalue weighted by Gasteiger charge is 2.35. The molecule has 1 aromatic carbocycles. The monoisotopic (exact) mass is 352 g/mol. The molecule has 0 atom stereocenters. The Labute approximate surface area is 133 Å². The van der Waals surface area contributed by atoms with Gasteiger partial charge in [0.1, 0.15) is 19.8 Å². The fraction of sp³-hybridized carbons (Fsp3) is 0.429. The van der Waals surface area contributed by atoms with E-state index in [1.54, 1.807) is 6.92 Å². The highest BCUT2D eigenvalue weighted by Crippen LogP contribution is 2.30. The van der Waals surface area contributed by atoms with Crippen LogP contribution in [0.25, 0.3) is 0 Å². The number of carbonyl (C=O) groups is 2. The van der Waals surface area contributed by atoms with Gasteiger partial charge in [-0.25, -0.2) is 22.8 Å². The number of carbonyl (C=O) groups excluding carboxylic acids is 2. The minimum absolute atomic E-state index is 0.119. The zero-order chi connectivity index (χ0) is 18.1. The van der Waals surface area contributed by atoms with E-state index in [-0.39, 0.29) is 19.8 Å². The highest BCUT2D eigenvalue weighted by molar-refractivity contribution is 5.64. The van der Waals surface area contributed by atoms with Crippen LogP contribution in [0.4, 0.5) is 27.2 Å². The maximum absolute atomic E-state index is 13.7. The molecule has 0 spiro atoms. The number of rotatable bonds is 3. The molecule has 0 amide bonds. The predicted octanol–water partition coefficient (Wildman–Crippen LogP) is 3.24. The Kier molecular flexibility index (Phi) is 4.86. The molecule has 1 heterocycles. The van der Waals surface area contributed by atoms with Crippen LogP contribution in [-0.4, -0.2) is 32.1 Å². The van der Waals surface area contributed by atoms with Crippen LogP contribution < -0.4 is 4.74 Å². The average molecular weight is 352 g/mol. The molecule has 6 nitrogen and oxygen atoms in total. The Morgan fingerprint density at radius 2 is 1.67 bits per heavy atom. The van der Waals surface area contributed by atoms with E-state index < -0.39 is 52.3 Å². The van der Waals surface area contributed by atoms with Crippen molar-refractivity contribution in [3.63, 3.8) is 0 Å². The van der Waals surface area contributed by atoms with Gasteiger partial charge in [0, 0.05) is 5.56 Å². The first-order chi connectivity index (χ1) is 11.1. The van der Waals surface area contributed by atoms with Gasteiger partial charge in [0.15, 0.2) is 17.5 Å². The molecule has 132 valence electrons. The number of cyclic esters (lactones) is 2. The van der Waals surface area contributed by atoms with Gasteiger partial charge in [-0.2, -0.15) is 4.39 Å². The van der Waals surface area contributed by atoms with Crippen LogP contribution >= 0.6 is 0 Å². The van der Waals surface area contributed by atoms with E-state index in [0.717, 1.165) is 6.92 Å². The fourth-order valence-corrected chi connectivity index (χ4v) is 1.79. The SMILES string of the molecule is Cc1c(F)c(F)c(F)c(OC(=O)OCC2(C)COC(=O)OC2)c1F. The quantitative estimate of drug-likeness (QED) is 0.273. The van der Waals surface area contributed by atoms with Crippen LogP contribution in [0.3, 0.4) is 0 Å². The van der Waals surface area contributed by atoms with E-state index in [0.29, 0.717) is 0 Å². The lowest BCUT2D eigenvalue weighted by atomic mass is 9.94. The molecule has 0 aliphatic carbocycles. The molecule has 1 saturated heterocycles. The van der Waals surface area contributed by atoms with E-state index in [4.69, 9.17) is 0 Å². The Bertz CT molecular complexity index is 651. The Morgan fingerprint density at radius 3 is 2.25 bits per heavy atom. The van der Waals surface area contributed by atoms with Crippen LogP contribution in [-0.2, 0) is 14.2 Å². The third-order valence-electron chi connectivity index (χ3n) is 3.24. The second-order valence-electron chi connectivity index (χ2n) is 5.49. The van der Waals surface area contributed by atoms with Gasteiger partial charge in [0.05, 0.1) is 5.41 Å². The number of hydrogen-bond donors (Lipinski definition) is 0. The molecule has 0 aromatic heterocycles. The van der Waals surface area contributed by atoms with Crippen LogP contribution in [0, 0.1) is 35.6 Å². The summed E-state index contributed by atoms with van der Waals surface area (Å²) in [5, 5.41) is 0. The van der Waals surface area contributed by atoms with Gasteiger partial charge in [-0.3, -0.25) is 0 Å². The van der Waals surface area contributed by atoms with Crippen molar-refractivity contribution >= 4 is 12.3 Å². The molecule has 2 rings (SSSR count). The summed E-state index contributed by atoms with van der Waals surface area (Å²) in [5.41, 5.74) is -1.75. The van der Waals surface area contributed by atoms with Crippen molar-refractivity contribution in [2.24, 2.45) is 5.41 Å². The van der Waals surface area contributed by atoms with E-state index >= 15 is 0 Å². The fourth-order valence-electron chi connectivity index (χ4n) is 1.79. The van der Waals surface area contributed by atoms with Crippen LogP contribution in [0.5, 0.6) is 5.75 Å². The second kappa shape index (κ2) is 6.54. The predicted molar refractivity (Wildman–Crippen MR) is 68.4 cm³/mol. The van der Waals surface area contributed by atoms with Crippen LogP contribution in [0.15, 0.2) is 0 Å². The average Bonchev–Trinajstić information content (AvgIpc) is 2.56. The summed E-state index contributed by atoms with van der Waals surface area (Å²) >= 11 is 0. The topological polar surface area (TPSA) is 71.1 Å².